The highest BCUT2D eigenvalue weighted by Crippen LogP contribution is 2.34. The van der Waals surface area contributed by atoms with Crippen LogP contribution < -0.4 is 25.6 Å². The van der Waals surface area contributed by atoms with Crippen LogP contribution in [0.5, 0.6) is 5.75 Å². The van der Waals surface area contributed by atoms with Crippen LogP contribution in [0.4, 0.5) is 10.5 Å². The molecule has 1 aliphatic rings. The lowest BCUT2D eigenvalue weighted by Gasteiger charge is -2.38. The molecule has 8 nitrogen and oxygen atoms in total. The molecule has 1 atom stereocenters. The molecule has 1 aliphatic heterocycles. The number of hydrogen-bond acceptors (Lipinski definition) is 6. The van der Waals surface area contributed by atoms with Gasteiger partial charge in [0, 0.05) is 50.0 Å². The van der Waals surface area contributed by atoms with E-state index in [2.05, 4.69) is 33.8 Å². The molecule has 0 spiro atoms. The molecule has 0 radical (unpaired) electrons. The minimum absolute atomic E-state index is 0.187. The molecule has 2 amide bonds. The number of anilines is 1. The van der Waals surface area contributed by atoms with Crippen LogP contribution in [0, 0.1) is 0 Å². The normalized spacial score (nSPS) is 14.9. The van der Waals surface area contributed by atoms with Gasteiger partial charge in [0.25, 0.3) is 5.91 Å². The van der Waals surface area contributed by atoms with Crippen molar-refractivity contribution in [2.24, 2.45) is 0 Å². The van der Waals surface area contributed by atoms with Gasteiger partial charge in [-0.15, -0.1) is 0 Å². The van der Waals surface area contributed by atoms with E-state index in [0.29, 0.717) is 18.2 Å². The molecule has 39 heavy (non-hydrogen) atoms. The van der Waals surface area contributed by atoms with Crippen LogP contribution in [0.15, 0.2) is 72.8 Å². The van der Waals surface area contributed by atoms with Gasteiger partial charge >= 0.3 is 6.09 Å². The molecule has 8 heteroatoms. The number of amides is 2. The van der Waals surface area contributed by atoms with E-state index in [0.717, 1.165) is 54.2 Å². The predicted molar refractivity (Wildman–Crippen MR) is 154 cm³/mol. The average molecular weight is 531 g/mol. The summed E-state index contributed by atoms with van der Waals surface area (Å²) in [5.41, 5.74) is 4.28. The molecule has 1 heterocycles. The predicted octanol–water partition coefficient (Wildman–Crippen LogP) is 4.60. The lowest BCUT2D eigenvalue weighted by Crippen LogP contribution is -2.51. The van der Waals surface area contributed by atoms with Crippen LogP contribution in [0.1, 0.15) is 36.2 Å². The van der Waals surface area contributed by atoms with Gasteiger partial charge in [-0.1, -0.05) is 61.5 Å². The van der Waals surface area contributed by atoms with Crippen LogP contribution in [0.25, 0.3) is 11.1 Å². The van der Waals surface area contributed by atoms with Crippen molar-refractivity contribution in [3.05, 3.63) is 83.9 Å². The van der Waals surface area contributed by atoms with Gasteiger partial charge in [0.15, 0.2) is 0 Å². The number of para-hydroxylation sites is 1. The standard InChI is InChI=1S/C31H38N4O4/c1-3-25-21-32-18-19-35(25)28-15-14-24(26-12-8-9-13-29(26)38-4-2)20-27(28)30(36)33-16-17-34-31(37)39-22-23-10-6-5-7-11-23/h5-15,20,25,32H,3-4,16-19,21-22H2,1-2H3,(H,33,36)(H,34,37)/t25-/m1/s1. The van der Waals surface area contributed by atoms with Crippen LogP contribution in [-0.4, -0.2) is 57.4 Å². The van der Waals surface area contributed by atoms with E-state index in [4.69, 9.17) is 9.47 Å². The number of alkyl carbamates (subject to hydrolysis) is 1. The third-order valence-corrected chi connectivity index (χ3v) is 6.76. The molecule has 1 saturated heterocycles. The Kier molecular flexibility index (Phi) is 10.2. The first kappa shape index (κ1) is 28.0. The van der Waals surface area contributed by atoms with E-state index < -0.39 is 6.09 Å². The van der Waals surface area contributed by atoms with Gasteiger partial charge in [0.05, 0.1) is 12.2 Å². The summed E-state index contributed by atoms with van der Waals surface area (Å²) in [5, 5.41) is 9.13. The van der Waals surface area contributed by atoms with Crippen LogP contribution in [-0.2, 0) is 11.3 Å². The third kappa shape index (κ3) is 7.51. The summed E-state index contributed by atoms with van der Waals surface area (Å²) in [7, 11) is 0. The molecular formula is C31H38N4O4. The average Bonchev–Trinajstić information content (AvgIpc) is 2.99. The summed E-state index contributed by atoms with van der Waals surface area (Å²) >= 11 is 0. The summed E-state index contributed by atoms with van der Waals surface area (Å²) in [6.45, 7) is 7.97. The molecule has 0 saturated carbocycles. The number of rotatable bonds is 11. The fraction of sp³-hybridized carbons (Fsp3) is 0.355. The van der Waals surface area contributed by atoms with Gasteiger partial charge < -0.3 is 30.3 Å². The number of carbonyl (C=O) groups is 2. The summed E-state index contributed by atoms with van der Waals surface area (Å²) in [6.07, 6.45) is 0.452. The SMILES string of the molecule is CCOc1ccccc1-c1ccc(N2CCNC[C@H]2CC)c(C(=O)NCCNC(=O)OCc2ccccc2)c1. The zero-order chi connectivity index (χ0) is 27.5. The van der Waals surface area contributed by atoms with Gasteiger partial charge in [0.2, 0.25) is 0 Å². The monoisotopic (exact) mass is 530 g/mol. The third-order valence-electron chi connectivity index (χ3n) is 6.76. The number of nitrogens with zero attached hydrogens (tertiary/aromatic N) is 1. The van der Waals surface area contributed by atoms with Crippen molar-refractivity contribution in [1.29, 1.82) is 0 Å². The van der Waals surface area contributed by atoms with Gasteiger partial charge in [-0.2, -0.15) is 0 Å². The second-order valence-electron chi connectivity index (χ2n) is 9.37. The summed E-state index contributed by atoms with van der Waals surface area (Å²) in [6, 6.07) is 23.7. The van der Waals surface area contributed by atoms with Crippen LogP contribution in [0.2, 0.25) is 0 Å². The van der Waals surface area contributed by atoms with Crippen molar-refractivity contribution < 1.29 is 19.1 Å². The van der Waals surface area contributed by atoms with Gasteiger partial charge in [-0.05, 0) is 42.7 Å². The Balaban J connectivity index is 1.46. The first-order valence-corrected chi connectivity index (χ1v) is 13.7. The van der Waals surface area contributed by atoms with Crippen molar-refractivity contribution in [1.82, 2.24) is 16.0 Å². The van der Waals surface area contributed by atoms with E-state index in [1.807, 2.05) is 73.7 Å². The van der Waals surface area contributed by atoms with E-state index >= 15 is 0 Å². The largest absolute Gasteiger partial charge is 0.493 e. The van der Waals surface area contributed by atoms with E-state index in [1.54, 1.807) is 0 Å². The Morgan fingerprint density at radius 3 is 2.54 bits per heavy atom. The zero-order valence-electron chi connectivity index (χ0n) is 22.7. The molecule has 0 aromatic heterocycles. The Hall–Kier alpha value is -4.04. The van der Waals surface area contributed by atoms with Gasteiger partial charge in [0.1, 0.15) is 12.4 Å². The van der Waals surface area contributed by atoms with E-state index in [-0.39, 0.29) is 25.6 Å². The summed E-state index contributed by atoms with van der Waals surface area (Å²) in [4.78, 5) is 27.9. The lowest BCUT2D eigenvalue weighted by molar-refractivity contribution is 0.0952. The van der Waals surface area contributed by atoms with Crippen LogP contribution in [0.3, 0.4) is 0 Å². The molecule has 3 aromatic rings. The molecule has 206 valence electrons. The maximum atomic E-state index is 13.5. The van der Waals surface area contributed by atoms with E-state index in [9.17, 15) is 9.59 Å². The highest BCUT2D eigenvalue weighted by atomic mass is 16.5. The van der Waals surface area contributed by atoms with Gasteiger partial charge in [-0.3, -0.25) is 4.79 Å². The molecule has 0 unspecified atom stereocenters. The Bertz CT molecular complexity index is 1230. The fourth-order valence-electron chi connectivity index (χ4n) is 4.78. The van der Waals surface area contributed by atoms with Crippen molar-refractivity contribution in [2.75, 3.05) is 44.2 Å². The number of benzene rings is 3. The number of piperazine rings is 1. The highest BCUT2D eigenvalue weighted by Gasteiger charge is 2.25. The maximum Gasteiger partial charge on any atom is 0.407 e. The number of hydrogen-bond donors (Lipinski definition) is 3. The number of ether oxygens (including phenoxy) is 2. The quantitative estimate of drug-likeness (QED) is 0.314. The van der Waals surface area contributed by atoms with E-state index in [1.165, 1.54) is 0 Å². The first-order chi connectivity index (χ1) is 19.1. The molecule has 3 N–H and O–H groups in total. The second-order valence-corrected chi connectivity index (χ2v) is 9.37. The fourth-order valence-corrected chi connectivity index (χ4v) is 4.78. The summed E-state index contributed by atoms with van der Waals surface area (Å²) < 4.78 is 11.1. The molecule has 0 bridgehead atoms. The zero-order valence-corrected chi connectivity index (χ0v) is 22.7. The Morgan fingerprint density at radius 1 is 0.974 bits per heavy atom. The number of carbonyl (C=O) groups excluding carboxylic acids is 2. The highest BCUT2D eigenvalue weighted by molar-refractivity contribution is 6.01. The van der Waals surface area contributed by atoms with Gasteiger partial charge in [-0.25, -0.2) is 4.79 Å². The topological polar surface area (TPSA) is 91.9 Å². The van der Waals surface area contributed by atoms with Crippen molar-refractivity contribution in [3.8, 4) is 16.9 Å². The minimum Gasteiger partial charge on any atom is -0.493 e. The first-order valence-electron chi connectivity index (χ1n) is 13.7. The van der Waals surface area contributed by atoms with Crippen molar-refractivity contribution in [3.63, 3.8) is 0 Å². The molecule has 0 aliphatic carbocycles. The van der Waals surface area contributed by atoms with Crippen molar-refractivity contribution >= 4 is 17.7 Å². The minimum atomic E-state index is -0.519. The van der Waals surface area contributed by atoms with Crippen molar-refractivity contribution in [2.45, 2.75) is 32.9 Å². The summed E-state index contributed by atoms with van der Waals surface area (Å²) in [5.74, 6) is 0.597. The van der Waals surface area contributed by atoms with Crippen LogP contribution >= 0.6 is 0 Å². The second kappa shape index (κ2) is 14.2. The molecule has 3 aromatic carbocycles. The molecular weight excluding hydrogens is 492 g/mol. The number of nitrogens with one attached hydrogen (secondary N) is 3. The maximum absolute atomic E-state index is 13.5. The lowest BCUT2D eigenvalue weighted by atomic mass is 9.98. The molecule has 4 rings (SSSR count). The smallest absolute Gasteiger partial charge is 0.407 e. The Morgan fingerprint density at radius 2 is 1.74 bits per heavy atom. The molecule has 1 fully saturated rings. The Labute approximate surface area is 230 Å².